The highest BCUT2D eigenvalue weighted by atomic mass is 19.4. The van der Waals surface area contributed by atoms with Crippen LogP contribution in [-0.4, -0.2) is 6.36 Å². The van der Waals surface area contributed by atoms with Crippen molar-refractivity contribution in [1.82, 2.24) is 0 Å². The highest BCUT2D eigenvalue weighted by molar-refractivity contribution is 5.36. The van der Waals surface area contributed by atoms with Crippen LogP contribution in [0.25, 0.3) is 0 Å². The number of benzene rings is 1. The molecule has 84 valence electrons. The van der Waals surface area contributed by atoms with Crippen molar-refractivity contribution in [2.24, 2.45) is 5.73 Å². The third kappa shape index (κ3) is 3.43. The lowest BCUT2D eigenvalue weighted by Gasteiger charge is -2.13. The molecule has 1 aromatic carbocycles. The largest absolute Gasteiger partial charge is 0.573 e. The molecule has 0 saturated heterocycles. The summed E-state index contributed by atoms with van der Waals surface area (Å²) in [6, 6.07) is 3.93. The van der Waals surface area contributed by atoms with Gasteiger partial charge in [-0.2, -0.15) is 0 Å². The number of aryl methyl sites for hydroxylation is 1. The maximum absolute atomic E-state index is 11.9. The maximum Gasteiger partial charge on any atom is 0.573 e. The van der Waals surface area contributed by atoms with E-state index < -0.39 is 6.36 Å². The molecule has 0 aliphatic rings. The van der Waals surface area contributed by atoms with Crippen LogP contribution in [0.4, 0.5) is 13.2 Å². The third-order valence-corrected chi connectivity index (χ3v) is 1.97. The Bertz CT molecular complexity index is 347. The molecule has 1 rings (SSSR count). The molecule has 0 aliphatic carbocycles. The molecule has 5 heteroatoms. The summed E-state index contributed by atoms with van der Waals surface area (Å²) in [6.45, 7) is 3.47. The number of nitrogens with two attached hydrogens (primary N) is 1. The van der Waals surface area contributed by atoms with Gasteiger partial charge in [0.25, 0.3) is 0 Å². The van der Waals surface area contributed by atoms with Crippen LogP contribution in [-0.2, 0) is 0 Å². The number of hydrogen-bond donors (Lipinski definition) is 1. The molecule has 0 aromatic heterocycles. The summed E-state index contributed by atoms with van der Waals surface area (Å²) >= 11 is 0. The lowest BCUT2D eigenvalue weighted by molar-refractivity contribution is -0.274. The average Bonchev–Trinajstić information content (AvgIpc) is 1.99. The van der Waals surface area contributed by atoms with Crippen molar-refractivity contribution in [1.29, 1.82) is 0 Å². The van der Waals surface area contributed by atoms with Crippen LogP contribution < -0.4 is 10.5 Å². The first-order valence-electron chi connectivity index (χ1n) is 4.41. The smallest absolute Gasteiger partial charge is 0.406 e. The molecule has 0 amide bonds. The first-order valence-corrected chi connectivity index (χ1v) is 4.41. The highest BCUT2D eigenvalue weighted by Gasteiger charge is 2.31. The molecule has 0 fully saturated rings. The van der Waals surface area contributed by atoms with Crippen molar-refractivity contribution in [3.8, 4) is 5.75 Å². The molecule has 15 heavy (non-hydrogen) atoms. The SMILES string of the molecule is Cc1cc(OC(F)(F)F)ccc1C(C)N. The monoisotopic (exact) mass is 219 g/mol. The molecular formula is C10H12F3NO. The fourth-order valence-corrected chi connectivity index (χ4v) is 1.36. The predicted octanol–water partition coefficient (Wildman–Crippen LogP) is 2.91. The fraction of sp³-hybridized carbons (Fsp3) is 0.400. The van der Waals surface area contributed by atoms with Gasteiger partial charge in [-0.1, -0.05) is 6.07 Å². The molecule has 2 N–H and O–H groups in total. The quantitative estimate of drug-likeness (QED) is 0.830. The summed E-state index contributed by atoms with van der Waals surface area (Å²) in [5.41, 5.74) is 7.13. The Morgan fingerprint density at radius 3 is 2.33 bits per heavy atom. The maximum atomic E-state index is 11.9. The van der Waals surface area contributed by atoms with E-state index in [0.29, 0.717) is 5.56 Å². The van der Waals surface area contributed by atoms with Crippen molar-refractivity contribution >= 4 is 0 Å². The molecule has 1 aromatic rings. The molecule has 0 bridgehead atoms. The van der Waals surface area contributed by atoms with Gasteiger partial charge in [0.1, 0.15) is 5.75 Å². The molecule has 1 atom stereocenters. The zero-order valence-corrected chi connectivity index (χ0v) is 8.43. The minimum Gasteiger partial charge on any atom is -0.406 e. The molecule has 0 saturated carbocycles. The van der Waals surface area contributed by atoms with Gasteiger partial charge in [-0.05, 0) is 37.1 Å². The predicted molar refractivity (Wildman–Crippen MR) is 50.5 cm³/mol. The van der Waals surface area contributed by atoms with Crippen LogP contribution >= 0.6 is 0 Å². The van der Waals surface area contributed by atoms with Gasteiger partial charge >= 0.3 is 6.36 Å². The van der Waals surface area contributed by atoms with Gasteiger partial charge in [0.05, 0.1) is 0 Å². The van der Waals surface area contributed by atoms with E-state index in [2.05, 4.69) is 4.74 Å². The Morgan fingerprint density at radius 1 is 1.33 bits per heavy atom. The van der Waals surface area contributed by atoms with Gasteiger partial charge in [-0.3, -0.25) is 0 Å². The van der Waals surface area contributed by atoms with E-state index in [1.165, 1.54) is 12.1 Å². The highest BCUT2D eigenvalue weighted by Crippen LogP contribution is 2.26. The van der Waals surface area contributed by atoms with Crippen LogP contribution in [0.2, 0.25) is 0 Å². The lowest BCUT2D eigenvalue weighted by Crippen LogP contribution is -2.17. The van der Waals surface area contributed by atoms with E-state index in [-0.39, 0.29) is 11.8 Å². The van der Waals surface area contributed by atoms with Crippen molar-refractivity contribution in [3.63, 3.8) is 0 Å². The summed E-state index contributed by atoms with van der Waals surface area (Å²) in [5.74, 6) is -0.218. The van der Waals surface area contributed by atoms with Crippen molar-refractivity contribution in [2.75, 3.05) is 0 Å². The second-order valence-corrected chi connectivity index (χ2v) is 3.35. The number of alkyl halides is 3. The second-order valence-electron chi connectivity index (χ2n) is 3.35. The van der Waals surface area contributed by atoms with E-state index in [1.54, 1.807) is 19.9 Å². The van der Waals surface area contributed by atoms with Gasteiger partial charge in [-0.25, -0.2) is 0 Å². The molecule has 0 spiro atoms. The Hall–Kier alpha value is -1.23. The zero-order chi connectivity index (χ0) is 11.6. The van der Waals surface area contributed by atoms with Crippen molar-refractivity contribution in [3.05, 3.63) is 29.3 Å². The first-order chi connectivity index (χ1) is 6.79. The van der Waals surface area contributed by atoms with E-state index in [0.717, 1.165) is 5.56 Å². The minimum atomic E-state index is -4.65. The molecular weight excluding hydrogens is 207 g/mol. The summed E-state index contributed by atoms with van der Waals surface area (Å²) in [5, 5.41) is 0. The fourth-order valence-electron chi connectivity index (χ4n) is 1.36. The topological polar surface area (TPSA) is 35.2 Å². The van der Waals surface area contributed by atoms with E-state index in [1.807, 2.05) is 0 Å². The normalized spacial score (nSPS) is 13.7. The van der Waals surface area contributed by atoms with Gasteiger partial charge in [0.15, 0.2) is 0 Å². The summed E-state index contributed by atoms with van der Waals surface area (Å²) < 4.78 is 39.4. The standard InChI is InChI=1S/C10H12F3NO/c1-6-5-8(15-10(11,12)13)3-4-9(6)7(2)14/h3-5,7H,14H2,1-2H3. The summed E-state index contributed by atoms with van der Waals surface area (Å²) in [6.07, 6.45) is -4.65. The number of halogens is 3. The molecule has 0 heterocycles. The molecule has 0 aliphatic heterocycles. The summed E-state index contributed by atoms with van der Waals surface area (Å²) in [7, 11) is 0. The number of hydrogen-bond acceptors (Lipinski definition) is 2. The minimum absolute atomic E-state index is 0.204. The van der Waals surface area contributed by atoms with Crippen LogP contribution in [0.3, 0.4) is 0 Å². The van der Waals surface area contributed by atoms with E-state index in [4.69, 9.17) is 5.73 Å². The van der Waals surface area contributed by atoms with Crippen LogP contribution in [0.5, 0.6) is 5.75 Å². The Kier molecular flexibility index (Phi) is 3.24. The first kappa shape index (κ1) is 11.8. The Balaban J connectivity index is 2.92. The third-order valence-electron chi connectivity index (χ3n) is 1.97. The second kappa shape index (κ2) is 4.10. The zero-order valence-electron chi connectivity index (χ0n) is 8.43. The van der Waals surface area contributed by atoms with Gasteiger partial charge < -0.3 is 10.5 Å². The number of rotatable bonds is 2. The molecule has 0 radical (unpaired) electrons. The van der Waals surface area contributed by atoms with Crippen LogP contribution in [0.1, 0.15) is 24.1 Å². The van der Waals surface area contributed by atoms with Crippen LogP contribution in [0.15, 0.2) is 18.2 Å². The average molecular weight is 219 g/mol. The molecule has 1 unspecified atom stereocenters. The van der Waals surface area contributed by atoms with Gasteiger partial charge in [0, 0.05) is 6.04 Å². The van der Waals surface area contributed by atoms with E-state index in [9.17, 15) is 13.2 Å². The Morgan fingerprint density at radius 2 is 1.93 bits per heavy atom. The summed E-state index contributed by atoms with van der Waals surface area (Å²) in [4.78, 5) is 0. The molecule has 2 nitrogen and oxygen atoms in total. The van der Waals surface area contributed by atoms with E-state index >= 15 is 0 Å². The van der Waals surface area contributed by atoms with Gasteiger partial charge in [0.2, 0.25) is 0 Å². The van der Waals surface area contributed by atoms with Crippen molar-refractivity contribution < 1.29 is 17.9 Å². The number of ether oxygens (including phenoxy) is 1. The Labute approximate surface area is 85.8 Å². The van der Waals surface area contributed by atoms with Gasteiger partial charge in [-0.15, -0.1) is 13.2 Å². The van der Waals surface area contributed by atoms with Crippen molar-refractivity contribution in [2.45, 2.75) is 26.3 Å². The van der Waals surface area contributed by atoms with Crippen LogP contribution in [0, 0.1) is 6.92 Å². The lowest BCUT2D eigenvalue weighted by atomic mass is 10.0.